The Bertz CT molecular complexity index is 1010. The maximum absolute atomic E-state index is 12.6. The topological polar surface area (TPSA) is 46.2 Å². The van der Waals surface area contributed by atoms with E-state index in [4.69, 9.17) is 0 Å². The van der Waals surface area contributed by atoms with Crippen molar-refractivity contribution in [1.82, 2.24) is 5.32 Å². The average molecular weight is 355 g/mol. The molecule has 134 valence electrons. The standard InChI is InChI=1S/C24H21NO2/c1-16(11-12-17-7-3-2-4-8-17)25-24(27)18-13-14-20-19-9-5-6-10-21(19)23(26)22(20)15-18/h2-10,13-16H,11-12H2,1H3,(H,25,27). The summed E-state index contributed by atoms with van der Waals surface area (Å²) in [7, 11) is 0. The van der Waals surface area contributed by atoms with Crippen molar-refractivity contribution < 1.29 is 9.59 Å². The first kappa shape index (κ1) is 17.2. The summed E-state index contributed by atoms with van der Waals surface area (Å²) >= 11 is 0. The first-order valence-electron chi connectivity index (χ1n) is 9.26. The third kappa shape index (κ3) is 3.41. The zero-order valence-corrected chi connectivity index (χ0v) is 15.2. The van der Waals surface area contributed by atoms with Crippen molar-refractivity contribution >= 4 is 11.7 Å². The zero-order chi connectivity index (χ0) is 18.8. The van der Waals surface area contributed by atoms with Crippen molar-refractivity contribution in [2.45, 2.75) is 25.8 Å². The van der Waals surface area contributed by atoms with Crippen LogP contribution in [0.3, 0.4) is 0 Å². The number of amides is 1. The summed E-state index contributed by atoms with van der Waals surface area (Å²) in [5.74, 6) is -0.144. The maximum atomic E-state index is 12.6. The van der Waals surface area contributed by atoms with Crippen LogP contribution >= 0.6 is 0 Å². The van der Waals surface area contributed by atoms with E-state index >= 15 is 0 Å². The lowest BCUT2D eigenvalue weighted by molar-refractivity contribution is 0.0938. The first-order valence-corrected chi connectivity index (χ1v) is 9.26. The number of nitrogens with one attached hydrogen (secondary N) is 1. The molecule has 0 aliphatic heterocycles. The summed E-state index contributed by atoms with van der Waals surface area (Å²) in [5, 5.41) is 3.04. The monoisotopic (exact) mass is 355 g/mol. The molecule has 0 aromatic heterocycles. The molecule has 1 aliphatic rings. The Morgan fingerprint density at radius 3 is 2.30 bits per heavy atom. The highest BCUT2D eigenvalue weighted by atomic mass is 16.1. The van der Waals surface area contributed by atoms with Crippen LogP contribution < -0.4 is 5.32 Å². The van der Waals surface area contributed by atoms with Crippen LogP contribution in [0.25, 0.3) is 11.1 Å². The van der Waals surface area contributed by atoms with Gasteiger partial charge in [0.1, 0.15) is 0 Å². The van der Waals surface area contributed by atoms with E-state index in [0.717, 1.165) is 24.0 Å². The van der Waals surface area contributed by atoms with Crippen molar-refractivity contribution in [1.29, 1.82) is 0 Å². The molecule has 1 atom stereocenters. The van der Waals surface area contributed by atoms with Crippen LogP contribution in [-0.2, 0) is 6.42 Å². The summed E-state index contributed by atoms with van der Waals surface area (Å²) < 4.78 is 0. The van der Waals surface area contributed by atoms with Gasteiger partial charge >= 0.3 is 0 Å². The van der Waals surface area contributed by atoms with Crippen molar-refractivity contribution in [2.24, 2.45) is 0 Å². The average Bonchev–Trinajstić information content (AvgIpc) is 2.99. The minimum Gasteiger partial charge on any atom is -0.350 e. The number of carbonyl (C=O) groups excluding carboxylic acids is 2. The quantitative estimate of drug-likeness (QED) is 0.566. The largest absolute Gasteiger partial charge is 0.350 e. The predicted molar refractivity (Wildman–Crippen MR) is 107 cm³/mol. The van der Waals surface area contributed by atoms with E-state index in [-0.39, 0.29) is 17.7 Å². The summed E-state index contributed by atoms with van der Waals surface area (Å²) in [5.41, 5.74) is 4.97. The van der Waals surface area contributed by atoms with Gasteiger partial charge in [-0.15, -0.1) is 0 Å². The van der Waals surface area contributed by atoms with Gasteiger partial charge in [0.2, 0.25) is 0 Å². The van der Waals surface area contributed by atoms with Gasteiger partial charge in [0, 0.05) is 22.7 Å². The molecular weight excluding hydrogens is 334 g/mol. The van der Waals surface area contributed by atoms with Crippen LogP contribution in [-0.4, -0.2) is 17.7 Å². The van der Waals surface area contributed by atoms with Gasteiger partial charge < -0.3 is 5.32 Å². The molecular formula is C24H21NO2. The van der Waals surface area contributed by atoms with Gasteiger partial charge in [-0.05, 0) is 48.6 Å². The second-order valence-corrected chi connectivity index (χ2v) is 7.03. The normalized spacial score (nSPS) is 13.0. The number of hydrogen-bond acceptors (Lipinski definition) is 2. The minimum absolute atomic E-state index is 0.00706. The van der Waals surface area contributed by atoms with Crippen molar-refractivity contribution in [3.05, 3.63) is 95.1 Å². The molecule has 1 N–H and O–H groups in total. The van der Waals surface area contributed by atoms with E-state index in [2.05, 4.69) is 17.4 Å². The van der Waals surface area contributed by atoms with E-state index < -0.39 is 0 Å². The Morgan fingerprint density at radius 1 is 0.852 bits per heavy atom. The lowest BCUT2D eigenvalue weighted by Crippen LogP contribution is -2.33. The highest BCUT2D eigenvalue weighted by Gasteiger charge is 2.27. The molecule has 1 unspecified atom stereocenters. The lowest BCUT2D eigenvalue weighted by Gasteiger charge is -2.14. The predicted octanol–water partition coefficient (Wildman–Crippen LogP) is 4.65. The second kappa shape index (κ2) is 7.20. The fourth-order valence-corrected chi connectivity index (χ4v) is 3.58. The van der Waals surface area contributed by atoms with E-state index in [0.29, 0.717) is 16.7 Å². The van der Waals surface area contributed by atoms with Crippen LogP contribution in [0.1, 0.15) is 45.2 Å². The number of ketones is 1. The third-order valence-corrected chi connectivity index (χ3v) is 5.07. The molecule has 3 heteroatoms. The van der Waals surface area contributed by atoms with Gasteiger partial charge in [-0.2, -0.15) is 0 Å². The van der Waals surface area contributed by atoms with Gasteiger partial charge in [0.25, 0.3) is 5.91 Å². The number of benzene rings is 3. The van der Waals surface area contributed by atoms with Gasteiger partial charge in [-0.1, -0.05) is 60.7 Å². The van der Waals surface area contributed by atoms with Crippen LogP contribution in [0.2, 0.25) is 0 Å². The summed E-state index contributed by atoms with van der Waals surface area (Å²) in [6.45, 7) is 2.01. The highest BCUT2D eigenvalue weighted by Crippen LogP contribution is 2.36. The number of fused-ring (bicyclic) bond motifs is 3. The van der Waals surface area contributed by atoms with E-state index in [9.17, 15) is 9.59 Å². The van der Waals surface area contributed by atoms with Gasteiger partial charge in [0.05, 0.1) is 0 Å². The summed E-state index contributed by atoms with van der Waals surface area (Å²) in [6.07, 6.45) is 1.78. The van der Waals surface area contributed by atoms with E-state index in [1.165, 1.54) is 5.56 Å². The molecule has 4 rings (SSSR count). The fraction of sp³-hybridized carbons (Fsp3) is 0.167. The maximum Gasteiger partial charge on any atom is 0.251 e. The van der Waals surface area contributed by atoms with Crippen LogP contribution in [0.5, 0.6) is 0 Å². The molecule has 0 fully saturated rings. The van der Waals surface area contributed by atoms with Gasteiger partial charge in [-0.3, -0.25) is 9.59 Å². The molecule has 0 saturated carbocycles. The molecule has 0 spiro atoms. The summed E-state index contributed by atoms with van der Waals surface area (Å²) in [6, 6.07) is 23.3. The molecule has 0 bridgehead atoms. The Morgan fingerprint density at radius 2 is 1.52 bits per heavy atom. The lowest BCUT2D eigenvalue weighted by atomic mass is 10.0. The molecule has 27 heavy (non-hydrogen) atoms. The molecule has 1 aliphatic carbocycles. The molecule has 0 saturated heterocycles. The van der Waals surface area contributed by atoms with Crippen molar-refractivity contribution in [3.63, 3.8) is 0 Å². The van der Waals surface area contributed by atoms with Crippen molar-refractivity contribution in [3.8, 4) is 11.1 Å². The molecule has 0 heterocycles. The van der Waals surface area contributed by atoms with Crippen LogP contribution in [0.4, 0.5) is 0 Å². The van der Waals surface area contributed by atoms with Crippen LogP contribution in [0.15, 0.2) is 72.8 Å². The SMILES string of the molecule is CC(CCc1ccccc1)NC(=O)c1ccc2c(c1)C(=O)c1ccccc1-2. The third-order valence-electron chi connectivity index (χ3n) is 5.07. The molecule has 3 aromatic carbocycles. The molecule has 0 radical (unpaired) electrons. The second-order valence-electron chi connectivity index (χ2n) is 7.03. The smallest absolute Gasteiger partial charge is 0.251 e. The Balaban J connectivity index is 1.45. The van der Waals surface area contributed by atoms with Gasteiger partial charge in [0.15, 0.2) is 5.78 Å². The van der Waals surface area contributed by atoms with E-state index in [1.54, 1.807) is 12.1 Å². The Kier molecular flexibility index (Phi) is 4.59. The number of aryl methyl sites for hydroxylation is 1. The minimum atomic E-state index is -0.137. The van der Waals surface area contributed by atoms with E-state index in [1.807, 2.05) is 55.5 Å². The van der Waals surface area contributed by atoms with Crippen LogP contribution in [0, 0.1) is 0 Å². The highest BCUT2D eigenvalue weighted by molar-refractivity contribution is 6.22. The number of rotatable bonds is 5. The Labute approximate surface area is 159 Å². The molecule has 3 nitrogen and oxygen atoms in total. The molecule has 3 aromatic rings. The summed E-state index contributed by atoms with van der Waals surface area (Å²) in [4.78, 5) is 25.2. The number of carbonyl (C=O) groups is 2. The first-order chi connectivity index (χ1) is 13.1. The Hall–Kier alpha value is -3.20. The van der Waals surface area contributed by atoms with Crippen molar-refractivity contribution in [2.75, 3.05) is 0 Å². The number of hydrogen-bond donors (Lipinski definition) is 1. The van der Waals surface area contributed by atoms with Gasteiger partial charge in [-0.25, -0.2) is 0 Å². The molecule has 1 amide bonds. The zero-order valence-electron chi connectivity index (χ0n) is 15.2. The fourth-order valence-electron chi connectivity index (χ4n) is 3.58.